The molecule has 0 radical (unpaired) electrons. The third-order valence-electron chi connectivity index (χ3n) is 2.48. The predicted molar refractivity (Wildman–Crippen MR) is 78.5 cm³/mol. The molecule has 2 N–H and O–H groups in total. The third-order valence-corrected chi connectivity index (χ3v) is 6.75. The topological polar surface area (TPSA) is 66.4 Å². The first kappa shape index (κ1) is 15.0. The van der Waals surface area contributed by atoms with Gasteiger partial charge < -0.3 is 5.11 Å². The van der Waals surface area contributed by atoms with E-state index in [1.54, 1.807) is 0 Å². The average molecular weight is 338 g/mol. The van der Waals surface area contributed by atoms with Gasteiger partial charge in [0.05, 0.1) is 4.34 Å². The fourth-order valence-electron chi connectivity index (χ4n) is 1.52. The number of aryl methyl sites for hydroxylation is 1. The van der Waals surface area contributed by atoms with Crippen LogP contribution in [-0.2, 0) is 10.0 Å². The van der Waals surface area contributed by atoms with Crippen LogP contribution < -0.4 is 4.72 Å². The summed E-state index contributed by atoms with van der Waals surface area (Å²) in [6.07, 6.45) is -0.842. The van der Waals surface area contributed by atoms with Crippen molar-refractivity contribution < 1.29 is 13.5 Å². The van der Waals surface area contributed by atoms with Crippen molar-refractivity contribution >= 4 is 44.3 Å². The molecule has 0 aromatic carbocycles. The fourth-order valence-corrected chi connectivity index (χ4v) is 5.00. The molecular weight excluding hydrogens is 326 g/mol. The number of hydrogen-bond acceptors (Lipinski definition) is 5. The van der Waals surface area contributed by atoms with Crippen LogP contribution in [0.15, 0.2) is 27.8 Å². The molecule has 0 fully saturated rings. The molecule has 1 atom stereocenters. The summed E-state index contributed by atoms with van der Waals surface area (Å²) in [5.41, 5.74) is 0.955. The SMILES string of the molecule is Cc1ccsc1[C@H](O)CNS(=O)(=O)c1ccc(Cl)s1. The van der Waals surface area contributed by atoms with E-state index in [0.29, 0.717) is 4.34 Å². The molecule has 104 valence electrons. The minimum atomic E-state index is -3.61. The second-order valence-electron chi connectivity index (χ2n) is 3.89. The monoisotopic (exact) mass is 337 g/mol. The molecule has 0 aliphatic heterocycles. The number of thiophene rings is 2. The van der Waals surface area contributed by atoms with Gasteiger partial charge in [0.1, 0.15) is 10.3 Å². The number of hydrogen-bond donors (Lipinski definition) is 2. The Morgan fingerprint density at radius 3 is 2.68 bits per heavy atom. The molecule has 2 heterocycles. The number of sulfonamides is 1. The number of nitrogens with one attached hydrogen (secondary N) is 1. The highest BCUT2D eigenvalue weighted by Gasteiger charge is 2.19. The Morgan fingerprint density at radius 2 is 2.16 bits per heavy atom. The zero-order valence-electron chi connectivity index (χ0n) is 9.96. The predicted octanol–water partition coefficient (Wildman–Crippen LogP) is 2.78. The lowest BCUT2D eigenvalue weighted by atomic mass is 10.2. The van der Waals surface area contributed by atoms with Crippen molar-refractivity contribution in [3.05, 3.63) is 38.4 Å². The van der Waals surface area contributed by atoms with E-state index in [1.807, 2.05) is 18.4 Å². The largest absolute Gasteiger partial charge is 0.386 e. The van der Waals surface area contributed by atoms with Crippen LogP contribution in [0, 0.1) is 6.92 Å². The van der Waals surface area contributed by atoms with Gasteiger partial charge >= 0.3 is 0 Å². The van der Waals surface area contributed by atoms with Gasteiger partial charge in [0.25, 0.3) is 0 Å². The average Bonchev–Trinajstić information content (AvgIpc) is 2.95. The van der Waals surface area contributed by atoms with Gasteiger partial charge in [-0.15, -0.1) is 22.7 Å². The summed E-state index contributed by atoms with van der Waals surface area (Å²) in [6.45, 7) is 1.82. The van der Waals surface area contributed by atoms with Gasteiger partial charge in [0.2, 0.25) is 10.0 Å². The van der Waals surface area contributed by atoms with Crippen LogP contribution in [0.4, 0.5) is 0 Å². The highest BCUT2D eigenvalue weighted by molar-refractivity contribution is 7.91. The van der Waals surface area contributed by atoms with E-state index in [-0.39, 0.29) is 10.8 Å². The Hall–Kier alpha value is -0.440. The summed E-state index contributed by atoms with van der Waals surface area (Å²) < 4.78 is 26.8. The van der Waals surface area contributed by atoms with Crippen LogP contribution in [0.25, 0.3) is 0 Å². The first-order valence-electron chi connectivity index (χ1n) is 5.37. The lowest BCUT2D eigenvalue weighted by Gasteiger charge is -2.11. The van der Waals surface area contributed by atoms with Crippen LogP contribution in [0.5, 0.6) is 0 Å². The first-order valence-corrected chi connectivity index (χ1v) is 8.93. The molecule has 2 rings (SSSR count). The summed E-state index contributed by atoms with van der Waals surface area (Å²) in [5, 5.41) is 11.8. The second-order valence-corrected chi connectivity index (χ2v) is 8.55. The molecule has 19 heavy (non-hydrogen) atoms. The Morgan fingerprint density at radius 1 is 1.42 bits per heavy atom. The van der Waals surface area contributed by atoms with Gasteiger partial charge in [-0.2, -0.15) is 0 Å². The Bertz CT molecular complexity index is 662. The Kier molecular flexibility index (Phi) is 4.65. The van der Waals surface area contributed by atoms with E-state index in [4.69, 9.17) is 11.6 Å². The molecule has 2 aromatic heterocycles. The number of aliphatic hydroxyl groups is 1. The van der Waals surface area contributed by atoms with Crippen LogP contribution in [-0.4, -0.2) is 20.1 Å². The summed E-state index contributed by atoms with van der Waals surface area (Å²) in [4.78, 5) is 0.770. The molecular formula is C11H12ClNO3S3. The van der Waals surface area contributed by atoms with Gasteiger partial charge in [-0.1, -0.05) is 11.6 Å². The minimum Gasteiger partial charge on any atom is -0.386 e. The maximum atomic E-state index is 11.9. The second kappa shape index (κ2) is 5.90. The lowest BCUT2D eigenvalue weighted by Crippen LogP contribution is -2.27. The normalized spacial score (nSPS) is 13.6. The molecule has 0 unspecified atom stereocenters. The fraction of sp³-hybridized carbons (Fsp3) is 0.273. The molecule has 0 amide bonds. The van der Waals surface area contributed by atoms with E-state index in [9.17, 15) is 13.5 Å². The summed E-state index contributed by atoms with van der Waals surface area (Å²) in [5.74, 6) is 0. The number of aliphatic hydroxyl groups excluding tert-OH is 1. The van der Waals surface area contributed by atoms with E-state index >= 15 is 0 Å². The van der Waals surface area contributed by atoms with Crippen LogP contribution in [0.2, 0.25) is 4.34 Å². The molecule has 2 aromatic rings. The maximum Gasteiger partial charge on any atom is 0.250 e. The van der Waals surface area contributed by atoms with E-state index < -0.39 is 16.1 Å². The zero-order chi connectivity index (χ0) is 14.0. The van der Waals surface area contributed by atoms with Crippen LogP contribution >= 0.6 is 34.3 Å². The van der Waals surface area contributed by atoms with Gasteiger partial charge in [0.15, 0.2) is 0 Å². The zero-order valence-corrected chi connectivity index (χ0v) is 13.2. The smallest absolute Gasteiger partial charge is 0.250 e. The highest BCUT2D eigenvalue weighted by atomic mass is 35.5. The number of halogens is 1. The minimum absolute atomic E-state index is 0.0563. The number of rotatable bonds is 5. The van der Waals surface area contributed by atoms with Gasteiger partial charge in [-0.05, 0) is 36.1 Å². The quantitative estimate of drug-likeness (QED) is 0.881. The van der Waals surface area contributed by atoms with E-state index in [0.717, 1.165) is 21.8 Å². The third kappa shape index (κ3) is 3.56. The summed E-state index contributed by atoms with van der Waals surface area (Å²) >= 11 is 8.10. The van der Waals surface area contributed by atoms with E-state index in [1.165, 1.54) is 23.5 Å². The van der Waals surface area contributed by atoms with Crippen molar-refractivity contribution in [1.82, 2.24) is 4.72 Å². The van der Waals surface area contributed by atoms with Crippen molar-refractivity contribution in [1.29, 1.82) is 0 Å². The van der Waals surface area contributed by atoms with Crippen molar-refractivity contribution in [2.75, 3.05) is 6.54 Å². The van der Waals surface area contributed by atoms with Gasteiger partial charge in [0, 0.05) is 11.4 Å². The molecule has 0 saturated carbocycles. The van der Waals surface area contributed by atoms with Crippen molar-refractivity contribution in [3.63, 3.8) is 0 Å². The van der Waals surface area contributed by atoms with Crippen molar-refractivity contribution in [2.45, 2.75) is 17.2 Å². The van der Waals surface area contributed by atoms with Crippen molar-refractivity contribution in [3.8, 4) is 0 Å². The summed E-state index contributed by atoms with van der Waals surface area (Å²) in [6, 6.07) is 4.86. The first-order chi connectivity index (χ1) is 8.90. The Balaban J connectivity index is 2.04. The lowest BCUT2D eigenvalue weighted by molar-refractivity contribution is 0.185. The Labute approximate surface area is 124 Å². The molecule has 8 heteroatoms. The molecule has 0 aliphatic rings. The van der Waals surface area contributed by atoms with Crippen LogP contribution in [0.3, 0.4) is 0 Å². The van der Waals surface area contributed by atoms with Crippen LogP contribution in [0.1, 0.15) is 16.5 Å². The standard InChI is InChI=1S/C11H12ClNO3S3/c1-7-4-5-17-11(7)8(14)6-13-19(15,16)10-3-2-9(12)18-10/h2-5,8,13-14H,6H2,1H3/t8-/m1/s1. The van der Waals surface area contributed by atoms with E-state index in [2.05, 4.69) is 4.72 Å². The molecule has 0 saturated heterocycles. The molecule has 4 nitrogen and oxygen atoms in total. The van der Waals surface area contributed by atoms with Gasteiger partial charge in [-0.3, -0.25) is 0 Å². The van der Waals surface area contributed by atoms with Gasteiger partial charge in [-0.25, -0.2) is 13.1 Å². The van der Waals surface area contributed by atoms with Crippen molar-refractivity contribution in [2.24, 2.45) is 0 Å². The molecule has 0 aliphatic carbocycles. The molecule has 0 bridgehead atoms. The maximum absolute atomic E-state index is 11.9. The molecule has 0 spiro atoms. The summed E-state index contributed by atoms with van der Waals surface area (Å²) in [7, 11) is -3.61. The highest BCUT2D eigenvalue weighted by Crippen LogP contribution is 2.26.